The van der Waals surface area contributed by atoms with Gasteiger partial charge in [0.15, 0.2) is 0 Å². The molecule has 3 rings (SSSR count). The lowest BCUT2D eigenvalue weighted by atomic mass is 10.0. The summed E-state index contributed by atoms with van der Waals surface area (Å²) in [7, 11) is 0. The SMILES string of the molecule is CC(C)c1ccccc1Nc1ccc(C(=O)NCc2ccccc2F)cn1. The second kappa shape index (κ2) is 8.45. The molecule has 0 fully saturated rings. The van der Waals surface area contributed by atoms with Crippen LogP contribution in [0.15, 0.2) is 66.9 Å². The van der Waals surface area contributed by atoms with Crippen molar-refractivity contribution in [1.82, 2.24) is 10.3 Å². The van der Waals surface area contributed by atoms with Gasteiger partial charge in [-0.05, 0) is 35.7 Å². The molecule has 0 aliphatic heterocycles. The summed E-state index contributed by atoms with van der Waals surface area (Å²) in [6.07, 6.45) is 1.51. The standard InChI is InChI=1S/C22H22FN3O/c1-15(2)18-8-4-6-10-20(18)26-21-12-11-17(14-24-21)22(27)25-13-16-7-3-5-9-19(16)23/h3-12,14-15H,13H2,1-2H3,(H,24,26)(H,25,27). The van der Waals surface area contributed by atoms with Gasteiger partial charge in [-0.15, -0.1) is 0 Å². The molecule has 1 heterocycles. The number of benzene rings is 2. The van der Waals surface area contributed by atoms with Gasteiger partial charge in [0.1, 0.15) is 11.6 Å². The highest BCUT2D eigenvalue weighted by atomic mass is 19.1. The van der Waals surface area contributed by atoms with E-state index in [2.05, 4.69) is 35.5 Å². The van der Waals surface area contributed by atoms with E-state index in [1.807, 2.05) is 18.2 Å². The van der Waals surface area contributed by atoms with E-state index in [1.165, 1.54) is 17.8 Å². The van der Waals surface area contributed by atoms with Gasteiger partial charge < -0.3 is 10.6 Å². The maximum absolute atomic E-state index is 13.6. The largest absolute Gasteiger partial charge is 0.348 e. The van der Waals surface area contributed by atoms with Crippen LogP contribution in [0.5, 0.6) is 0 Å². The van der Waals surface area contributed by atoms with E-state index in [0.29, 0.717) is 22.9 Å². The van der Waals surface area contributed by atoms with Crippen LogP contribution in [0.3, 0.4) is 0 Å². The number of rotatable bonds is 6. The summed E-state index contributed by atoms with van der Waals surface area (Å²) in [5, 5.41) is 6.00. The number of amides is 1. The van der Waals surface area contributed by atoms with Crippen LogP contribution in [-0.4, -0.2) is 10.9 Å². The number of nitrogens with one attached hydrogen (secondary N) is 2. The number of nitrogens with zero attached hydrogens (tertiary/aromatic N) is 1. The number of hydrogen-bond acceptors (Lipinski definition) is 3. The van der Waals surface area contributed by atoms with E-state index in [9.17, 15) is 9.18 Å². The average molecular weight is 363 g/mol. The minimum Gasteiger partial charge on any atom is -0.348 e. The molecule has 3 aromatic rings. The Morgan fingerprint density at radius 3 is 2.48 bits per heavy atom. The van der Waals surface area contributed by atoms with E-state index in [0.717, 1.165) is 5.69 Å². The third-order valence-corrected chi connectivity index (χ3v) is 4.27. The number of pyridine rings is 1. The molecule has 2 N–H and O–H groups in total. The first kappa shape index (κ1) is 18.6. The first-order chi connectivity index (χ1) is 13.0. The van der Waals surface area contributed by atoms with Gasteiger partial charge in [0.25, 0.3) is 5.91 Å². The second-order valence-electron chi connectivity index (χ2n) is 6.57. The smallest absolute Gasteiger partial charge is 0.253 e. The number of carbonyl (C=O) groups excluding carboxylic acids is 1. The predicted octanol–water partition coefficient (Wildman–Crippen LogP) is 5.02. The highest BCUT2D eigenvalue weighted by Crippen LogP contribution is 2.26. The zero-order valence-corrected chi connectivity index (χ0v) is 15.4. The molecule has 138 valence electrons. The van der Waals surface area contributed by atoms with E-state index in [1.54, 1.807) is 30.3 Å². The van der Waals surface area contributed by atoms with E-state index < -0.39 is 0 Å². The first-order valence-electron chi connectivity index (χ1n) is 8.88. The van der Waals surface area contributed by atoms with Crippen molar-refractivity contribution in [3.63, 3.8) is 0 Å². The van der Waals surface area contributed by atoms with Gasteiger partial charge in [0.2, 0.25) is 0 Å². The van der Waals surface area contributed by atoms with Gasteiger partial charge in [-0.2, -0.15) is 0 Å². The maximum atomic E-state index is 13.6. The maximum Gasteiger partial charge on any atom is 0.253 e. The molecule has 2 aromatic carbocycles. The number of carbonyl (C=O) groups is 1. The summed E-state index contributed by atoms with van der Waals surface area (Å²) in [5.41, 5.74) is 3.07. The molecule has 0 atom stereocenters. The summed E-state index contributed by atoms with van der Waals surface area (Å²) in [4.78, 5) is 16.6. The molecule has 0 aliphatic rings. The van der Waals surface area contributed by atoms with Gasteiger partial charge in [0.05, 0.1) is 5.56 Å². The molecular weight excluding hydrogens is 341 g/mol. The van der Waals surface area contributed by atoms with Gasteiger partial charge in [-0.3, -0.25) is 4.79 Å². The number of hydrogen-bond donors (Lipinski definition) is 2. The first-order valence-corrected chi connectivity index (χ1v) is 8.88. The fourth-order valence-electron chi connectivity index (χ4n) is 2.77. The van der Waals surface area contributed by atoms with Crippen molar-refractivity contribution in [2.75, 3.05) is 5.32 Å². The molecule has 0 radical (unpaired) electrons. The highest BCUT2D eigenvalue weighted by Gasteiger charge is 2.09. The molecule has 1 amide bonds. The fraction of sp³-hybridized carbons (Fsp3) is 0.182. The fourth-order valence-corrected chi connectivity index (χ4v) is 2.77. The monoisotopic (exact) mass is 363 g/mol. The number of halogens is 1. The van der Waals surface area contributed by atoms with Crippen LogP contribution in [0.25, 0.3) is 0 Å². The van der Waals surface area contributed by atoms with Crippen molar-refractivity contribution in [2.45, 2.75) is 26.3 Å². The lowest BCUT2D eigenvalue weighted by Gasteiger charge is -2.14. The number of aromatic nitrogens is 1. The minimum atomic E-state index is -0.334. The summed E-state index contributed by atoms with van der Waals surface area (Å²) in [5.74, 6) is 0.421. The van der Waals surface area contributed by atoms with Crippen molar-refractivity contribution in [3.8, 4) is 0 Å². The molecule has 0 spiro atoms. The second-order valence-corrected chi connectivity index (χ2v) is 6.57. The van der Waals surface area contributed by atoms with Crippen LogP contribution in [0.2, 0.25) is 0 Å². The lowest BCUT2D eigenvalue weighted by molar-refractivity contribution is 0.0950. The third-order valence-electron chi connectivity index (χ3n) is 4.27. The van der Waals surface area contributed by atoms with Crippen molar-refractivity contribution < 1.29 is 9.18 Å². The van der Waals surface area contributed by atoms with Crippen LogP contribution >= 0.6 is 0 Å². The Bertz CT molecular complexity index is 923. The average Bonchev–Trinajstić information content (AvgIpc) is 2.68. The van der Waals surface area contributed by atoms with E-state index >= 15 is 0 Å². The molecule has 27 heavy (non-hydrogen) atoms. The molecule has 1 aromatic heterocycles. The molecule has 0 aliphatic carbocycles. The number of anilines is 2. The van der Waals surface area contributed by atoms with E-state index in [-0.39, 0.29) is 18.3 Å². The van der Waals surface area contributed by atoms with Crippen molar-refractivity contribution in [2.24, 2.45) is 0 Å². The Kier molecular flexibility index (Phi) is 5.81. The zero-order chi connectivity index (χ0) is 19.2. The molecule has 4 nitrogen and oxygen atoms in total. The summed E-state index contributed by atoms with van der Waals surface area (Å²) in [6, 6.07) is 17.9. The number of para-hydroxylation sites is 1. The molecule has 5 heteroatoms. The van der Waals surface area contributed by atoms with E-state index in [4.69, 9.17) is 0 Å². The van der Waals surface area contributed by atoms with Crippen molar-refractivity contribution >= 4 is 17.4 Å². The Labute approximate surface area is 158 Å². The lowest BCUT2D eigenvalue weighted by Crippen LogP contribution is -2.23. The van der Waals surface area contributed by atoms with Gasteiger partial charge in [-0.1, -0.05) is 50.2 Å². The molecule has 0 unspecified atom stereocenters. The Morgan fingerprint density at radius 1 is 1.04 bits per heavy atom. The predicted molar refractivity (Wildman–Crippen MR) is 106 cm³/mol. The van der Waals surface area contributed by atoms with Crippen molar-refractivity contribution in [1.29, 1.82) is 0 Å². The summed E-state index contributed by atoms with van der Waals surface area (Å²) >= 11 is 0. The van der Waals surface area contributed by atoms with Crippen LogP contribution in [0, 0.1) is 5.82 Å². The Morgan fingerprint density at radius 2 is 1.78 bits per heavy atom. The molecular formula is C22H22FN3O. The summed E-state index contributed by atoms with van der Waals surface area (Å²) < 4.78 is 13.6. The normalized spacial score (nSPS) is 10.7. The minimum absolute atomic E-state index is 0.132. The topological polar surface area (TPSA) is 54.0 Å². The zero-order valence-electron chi connectivity index (χ0n) is 15.4. The van der Waals surface area contributed by atoms with Crippen LogP contribution in [0.4, 0.5) is 15.9 Å². The third kappa shape index (κ3) is 4.70. The summed E-state index contributed by atoms with van der Waals surface area (Å²) in [6.45, 7) is 4.40. The van der Waals surface area contributed by atoms with Crippen LogP contribution in [0.1, 0.15) is 41.3 Å². The van der Waals surface area contributed by atoms with Crippen molar-refractivity contribution in [3.05, 3.63) is 89.4 Å². The molecule has 0 bridgehead atoms. The molecule has 0 saturated carbocycles. The quantitative estimate of drug-likeness (QED) is 0.647. The van der Waals surface area contributed by atoms with Gasteiger partial charge in [0, 0.05) is 24.0 Å². The molecule has 0 saturated heterocycles. The van der Waals surface area contributed by atoms with Crippen LogP contribution in [-0.2, 0) is 6.54 Å². The Balaban J connectivity index is 1.65. The van der Waals surface area contributed by atoms with Gasteiger partial charge in [-0.25, -0.2) is 9.37 Å². The van der Waals surface area contributed by atoms with Gasteiger partial charge >= 0.3 is 0 Å². The highest BCUT2D eigenvalue weighted by molar-refractivity contribution is 5.94. The Hall–Kier alpha value is -3.21. The van der Waals surface area contributed by atoms with Crippen LogP contribution < -0.4 is 10.6 Å².